The van der Waals surface area contributed by atoms with Crippen LogP contribution in [0.4, 0.5) is 0 Å². The molecule has 0 N–H and O–H groups in total. The van der Waals surface area contributed by atoms with Gasteiger partial charge in [-0.25, -0.2) is 0 Å². The first-order valence-corrected chi connectivity index (χ1v) is 5.48. The molecule has 2 nitrogen and oxygen atoms in total. The summed E-state index contributed by atoms with van der Waals surface area (Å²) < 4.78 is 0. The topological polar surface area (TPSA) is 20.3 Å². The minimum atomic E-state index is 0.239. The molecule has 0 aromatic heterocycles. The molecule has 15 heavy (non-hydrogen) atoms. The molecule has 0 bridgehead atoms. The SMILES string of the molecule is Cc1cccc(CC(=O)N(C)C2CC2)c1. The van der Waals surface area contributed by atoms with Gasteiger partial charge in [0, 0.05) is 13.1 Å². The minimum Gasteiger partial charge on any atom is -0.342 e. The minimum absolute atomic E-state index is 0.239. The molecule has 0 heterocycles. The van der Waals surface area contributed by atoms with E-state index in [0.717, 1.165) is 5.56 Å². The molecule has 2 heteroatoms. The molecular weight excluding hydrogens is 186 g/mol. The average Bonchev–Trinajstić information content (AvgIpc) is 2.99. The summed E-state index contributed by atoms with van der Waals surface area (Å²) >= 11 is 0. The van der Waals surface area contributed by atoms with Crippen molar-refractivity contribution in [1.82, 2.24) is 4.90 Å². The van der Waals surface area contributed by atoms with Crippen LogP contribution in [-0.4, -0.2) is 23.9 Å². The van der Waals surface area contributed by atoms with E-state index in [1.807, 2.05) is 24.1 Å². The number of carbonyl (C=O) groups excluding carboxylic acids is 1. The van der Waals surface area contributed by atoms with E-state index in [-0.39, 0.29) is 5.91 Å². The van der Waals surface area contributed by atoms with E-state index >= 15 is 0 Å². The average molecular weight is 203 g/mol. The largest absolute Gasteiger partial charge is 0.342 e. The van der Waals surface area contributed by atoms with Gasteiger partial charge < -0.3 is 4.90 Å². The maximum Gasteiger partial charge on any atom is 0.226 e. The Hall–Kier alpha value is -1.31. The van der Waals surface area contributed by atoms with Crippen molar-refractivity contribution in [3.63, 3.8) is 0 Å². The highest BCUT2D eigenvalue weighted by atomic mass is 16.2. The van der Waals surface area contributed by atoms with Crippen LogP contribution in [-0.2, 0) is 11.2 Å². The summed E-state index contributed by atoms with van der Waals surface area (Å²) in [6.07, 6.45) is 2.89. The van der Waals surface area contributed by atoms with Gasteiger partial charge in [0.1, 0.15) is 0 Å². The molecule has 0 unspecified atom stereocenters. The van der Waals surface area contributed by atoms with Crippen molar-refractivity contribution >= 4 is 5.91 Å². The third kappa shape index (κ3) is 2.58. The fourth-order valence-electron chi connectivity index (χ4n) is 1.79. The summed E-state index contributed by atoms with van der Waals surface area (Å²) in [6, 6.07) is 8.68. The van der Waals surface area contributed by atoms with Crippen molar-refractivity contribution in [2.45, 2.75) is 32.2 Å². The zero-order chi connectivity index (χ0) is 10.8. The molecule has 0 aliphatic heterocycles. The van der Waals surface area contributed by atoms with Gasteiger partial charge in [0.05, 0.1) is 6.42 Å². The number of carbonyl (C=O) groups is 1. The maximum absolute atomic E-state index is 11.8. The lowest BCUT2D eigenvalue weighted by Gasteiger charge is -2.16. The number of aryl methyl sites for hydroxylation is 1. The smallest absolute Gasteiger partial charge is 0.226 e. The van der Waals surface area contributed by atoms with Gasteiger partial charge in [0.25, 0.3) is 0 Å². The predicted octanol–water partition coefficient (Wildman–Crippen LogP) is 2.16. The van der Waals surface area contributed by atoms with Gasteiger partial charge in [-0.1, -0.05) is 29.8 Å². The van der Waals surface area contributed by atoms with Crippen molar-refractivity contribution in [3.05, 3.63) is 35.4 Å². The van der Waals surface area contributed by atoms with Gasteiger partial charge in [0.15, 0.2) is 0 Å². The highest BCUT2D eigenvalue weighted by molar-refractivity contribution is 5.79. The van der Waals surface area contributed by atoms with E-state index in [4.69, 9.17) is 0 Å². The van der Waals surface area contributed by atoms with Crippen molar-refractivity contribution in [2.75, 3.05) is 7.05 Å². The molecule has 0 atom stereocenters. The van der Waals surface area contributed by atoms with Crippen LogP contribution in [0.15, 0.2) is 24.3 Å². The summed E-state index contributed by atoms with van der Waals surface area (Å²) in [4.78, 5) is 13.7. The molecule has 1 aliphatic carbocycles. The molecule has 0 radical (unpaired) electrons. The second-order valence-corrected chi connectivity index (χ2v) is 4.40. The Balaban J connectivity index is 1.98. The standard InChI is InChI=1S/C13H17NO/c1-10-4-3-5-11(8-10)9-13(15)14(2)12-6-7-12/h3-5,8,12H,6-7,9H2,1-2H3. The molecule has 1 fully saturated rings. The molecule has 1 aromatic carbocycles. The lowest BCUT2D eigenvalue weighted by Crippen LogP contribution is -2.30. The third-order valence-corrected chi connectivity index (χ3v) is 2.93. The zero-order valence-electron chi connectivity index (χ0n) is 9.36. The molecule has 1 aromatic rings. The van der Waals surface area contributed by atoms with Crippen LogP contribution in [0, 0.1) is 6.92 Å². The van der Waals surface area contributed by atoms with E-state index in [9.17, 15) is 4.79 Å². The number of hydrogen-bond donors (Lipinski definition) is 0. The Bertz CT molecular complexity index is 369. The molecule has 80 valence electrons. The Morgan fingerprint density at radius 3 is 2.80 bits per heavy atom. The number of benzene rings is 1. The van der Waals surface area contributed by atoms with Gasteiger partial charge in [-0.05, 0) is 25.3 Å². The molecule has 1 amide bonds. The normalized spacial score (nSPS) is 15.1. The lowest BCUT2D eigenvalue weighted by molar-refractivity contribution is -0.129. The van der Waals surface area contributed by atoms with Crippen LogP contribution >= 0.6 is 0 Å². The molecule has 0 saturated heterocycles. The fraction of sp³-hybridized carbons (Fsp3) is 0.462. The van der Waals surface area contributed by atoms with Crippen LogP contribution in [0.25, 0.3) is 0 Å². The summed E-state index contributed by atoms with van der Waals surface area (Å²) in [7, 11) is 1.91. The Kier molecular flexibility index (Phi) is 2.76. The van der Waals surface area contributed by atoms with Crippen molar-refractivity contribution < 1.29 is 4.79 Å². The van der Waals surface area contributed by atoms with Crippen LogP contribution in [0.2, 0.25) is 0 Å². The first kappa shape index (κ1) is 10.2. The molecule has 1 saturated carbocycles. The van der Waals surface area contributed by atoms with Crippen molar-refractivity contribution in [2.24, 2.45) is 0 Å². The van der Waals surface area contributed by atoms with E-state index in [1.165, 1.54) is 18.4 Å². The van der Waals surface area contributed by atoms with Crippen LogP contribution < -0.4 is 0 Å². The van der Waals surface area contributed by atoms with Crippen LogP contribution in [0.1, 0.15) is 24.0 Å². The van der Waals surface area contributed by atoms with Crippen molar-refractivity contribution in [3.8, 4) is 0 Å². The number of nitrogens with zero attached hydrogens (tertiary/aromatic N) is 1. The van der Waals surface area contributed by atoms with E-state index < -0.39 is 0 Å². The number of rotatable bonds is 3. The van der Waals surface area contributed by atoms with Gasteiger partial charge in [-0.2, -0.15) is 0 Å². The highest BCUT2D eigenvalue weighted by Crippen LogP contribution is 2.25. The second-order valence-electron chi connectivity index (χ2n) is 4.40. The van der Waals surface area contributed by atoms with Gasteiger partial charge in [0.2, 0.25) is 5.91 Å². The second kappa shape index (κ2) is 4.05. The van der Waals surface area contributed by atoms with Crippen molar-refractivity contribution in [1.29, 1.82) is 0 Å². The maximum atomic E-state index is 11.8. The predicted molar refractivity (Wildman–Crippen MR) is 60.7 cm³/mol. The van der Waals surface area contributed by atoms with E-state index in [0.29, 0.717) is 12.5 Å². The molecule has 0 spiro atoms. The zero-order valence-corrected chi connectivity index (χ0v) is 9.36. The summed E-state index contributed by atoms with van der Waals surface area (Å²) in [5.74, 6) is 0.239. The first-order valence-electron chi connectivity index (χ1n) is 5.48. The van der Waals surface area contributed by atoms with E-state index in [2.05, 4.69) is 19.1 Å². The highest BCUT2D eigenvalue weighted by Gasteiger charge is 2.29. The van der Waals surface area contributed by atoms with Gasteiger partial charge in [-0.15, -0.1) is 0 Å². The van der Waals surface area contributed by atoms with E-state index in [1.54, 1.807) is 0 Å². The Labute approximate surface area is 90.9 Å². The quantitative estimate of drug-likeness (QED) is 0.737. The van der Waals surface area contributed by atoms with Crippen LogP contribution in [0.5, 0.6) is 0 Å². The monoisotopic (exact) mass is 203 g/mol. The summed E-state index contributed by atoms with van der Waals surface area (Å²) in [5, 5.41) is 0. The third-order valence-electron chi connectivity index (χ3n) is 2.93. The van der Waals surface area contributed by atoms with Crippen LogP contribution in [0.3, 0.4) is 0 Å². The summed E-state index contributed by atoms with van der Waals surface area (Å²) in [5.41, 5.74) is 2.34. The summed E-state index contributed by atoms with van der Waals surface area (Å²) in [6.45, 7) is 2.05. The number of likely N-dealkylation sites (N-methyl/N-ethyl adjacent to an activating group) is 1. The molecular formula is C13H17NO. The van der Waals surface area contributed by atoms with Gasteiger partial charge in [-0.3, -0.25) is 4.79 Å². The molecule has 1 aliphatic rings. The fourth-order valence-corrected chi connectivity index (χ4v) is 1.79. The molecule has 2 rings (SSSR count). The number of hydrogen-bond acceptors (Lipinski definition) is 1. The number of amides is 1. The van der Waals surface area contributed by atoms with Gasteiger partial charge >= 0.3 is 0 Å². The Morgan fingerprint density at radius 1 is 1.47 bits per heavy atom. The lowest BCUT2D eigenvalue weighted by atomic mass is 10.1. The Morgan fingerprint density at radius 2 is 2.20 bits per heavy atom. The first-order chi connectivity index (χ1) is 7.16.